The highest BCUT2D eigenvalue weighted by Gasteiger charge is 2.09. The molecule has 0 aromatic heterocycles. The maximum atomic E-state index is 13.3. The van der Waals surface area contributed by atoms with Crippen LogP contribution in [0.1, 0.15) is 0 Å². The molecule has 0 unspecified atom stereocenters. The quantitative estimate of drug-likeness (QED) is 0.556. The van der Waals surface area contributed by atoms with Gasteiger partial charge in [0.15, 0.2) is 0 Å². The van der Waals surface area contributed by atoms with Crippen LogP contribution in [0.3, 0.4) is 0 Å². The first-order chi connectivity index (χ1) is 8.02. The molecule has 0 heterocycles. The van der Waals surface area contributed by atoms with Gasteiger partial charge in [0.1, 0.15) is 5.82 Å². The number of rotatable bonds is 3. The Labute approximate surface area is 102 Å². The third-order valence-electron chi connectivity index (χ3n) is 1.79. The highest BCUT2D eigenvalue weighted by atomic mass is 32.2. The molecular weight excluding hydrogens is 245 g/mol. The van der Waals surface area contributed by atoms with E-state index in [4.69, 9.17) is 5.73 Å². The summed E-state index contributed by atoms with van der Waals surface area (Å²) in [6.45, 7) is 0. The van der Waals surface area contributed by atoms with Gasteiger partial charge in [-0.05, 0) is 18.2 Å². The van der Waals surface area contributed by atoms with E-state index in [1.165, 1.54) is 19.2 Å². The van der Waals surface area contributed by atoms with Crippen molar-refractivity contribution in [1.29, 1.82) is 0 Å². The summed E-state index contributed by atoms with van der Waals surface area (Å²) in [5.74, 6) is -1.03. The van der Waals surface area contributed by atoms with E-state index in [1.807, 2.05) is 0 Å². The molecule has 0 radical (unpaired) electrons. The summed E-state index contributed by atoms with van der Waals surface area (Å²) < 4.78 is 13.3. The lowest BCUT2D eigenvalue weighted by Gasteiger charge is -2.04. The van der Waals surface area contributed by atoms with Gasteiger partial charge in [-0.1, -0.05) is 0 Å². The summed E-state index contributed by atoms with van der Waals surface area (Å²) >= 11 is 0.994. The van der Waals surface area contributed by atoms with E-state index in [0.29, 0.717) is 10.6 Å². The highest BCUT2D eigenvalue weighted by molar-refractivity contribution is 8.00. The molecule has 0 fully saturated rings. The Bertz CT molecular complexity index is 440. The van der Waals surface area contributed by atoms with E-state index in [2.05, 4.69) is 10.6 Å². The van der Waals surface area contributed by atoms with Crippen LogP contribution in [-0.2, 0) is 4.79 Å². The van der Waals surface area contributed by atoms with E-state index in [9.17, 15) is 14.0 Å². The maximum Gasteiger partial charge on any atom is 0.321 e. The van der Waals surface area contributed by atoms with E-state index in [0.717, 1.165) is 11.8 Å². The SMILES string of the molecule is CNC(=O)NC(=O)CSc1ccc(N)cc1F. The molecule has 0 aliphatic heterocycles. The van der Waals surface area contributed by atoms with Gasteiger partial charge in [-0.15, -0.1) is 11.8 Å². The van der Waals surface area contributed by atoms with Gasteiger partial charge in [0.25, 0.3) is 0 Å². The van der Waals surface area contributed by atoms with Crippen LogP contribution in [0.2, 0.25) is 0 Å². The second kappa shape index (κ2) is 6.09. The normalized spacial score (nSPS) is 9.76. The fourth-order valence-corrected chi connectivity index (χ4v) is 1.72. The Morgan fingerprint density at radius 1 is 1.47 bits per heavy atom. The number of amides is 3. The molecule has 3 amide bonds. The first-order valence-corrected chi connectivity index (χ1v) is 5.71. The van der Waals surface area contributed by atoms with Crippen molar-refractivity contribution >= 4 is 29.4 Å². The molecule has 0 saturated heterocycles. The Hall–Kier alpha value is -1.76. The summed E-state index contributed by atoms with van der Waals surface area (Å²) in [5, 5.41) is 4.32. The van der Waals surface area contributed by atoms with Crippen LogP contribution in [0.15, 0.2) is 23.1 Å². The van der Waals surface area contributed by atoms with Gasteiger partial charge in [-0.2, -0.15) is 0 Å². The number of anilines is 1. The number of benzene rings is 1. The second-order valence-corrected chi connectivity index (χ2v) is 4.12. The van der Waals surface area contributed by atoms with Crippen molar-refractivity contribution in [3.63, 3.8) is 0 Å². The first-order valence-electron chi connectivity index (χ1n) is 4.72. The summed E-state index contributed by atoms with van der Waals surface area (Å²) in [7, 11) is 1.40. The number of nitrogen functional groups attached to an aromatic ring is 1. The van der Waals surface area contributed by atoms with E-state index >= 15 is 0 Å². The largest absolute Gasteiger partial charge is 0.399 e. The predicted molar refractivity (Wildman–Crippen MR) is 64.1 cm³/mol. The van der Waals surface area contributed by atoms with E-state index in [-0.39, 0.29) is 5.75 Å². The molecule has 0 aliphatic rings. The van der Waals surface area contributed by atoms with Crippen LogP contribution in [0.25, 0.3) is 0 Å². The van der Waals surface area contributed by atoms with Crippen LogP contribution in [0, 0.1) is 5.82 Å². The molecule has 0 bridgehead atoms. The minimum atomic E-state index is -0.589. The predicted octanol–water partition coefficient (Wildman–Crippen LogP) is 0.956. The number of thioether (sulfide) groups is 1. The summed E-state index contributed by atoms with van der Waals surface area (Å²) in [4.78, 5) is 22.3. The average Bonchev–Trinajstić information content (AvgIpc) is 2.27. The lowest BCUT2D eigenvalue weighted by Crippen LogP contribution is -2.38. The number of nitrogens with one attached hydrogen (secondary N) is 2. The van der Waals surface area contributed by atoms with Crippen molar-refractivity contribution in [1.82, 2.24) is 10.6 Å². The lowest BCUT2D eigenvalue weighted by molar-refractivity contribution is -0.117. The fourth-order valence-electron chi connectivity index (χ4n) is 1.00. The number of hydrogen-bond acceptors (Lipinski definition) is 4. The Morgan fingerprint density at radius 2 is 2.18 bits per heavy atom. The highest BCUT2D eigenvalue weighted by Crippen LogP contribution is 2.23. The third kappa shape index (κ3) is 4.31. The molecule has 1 aromatic carbocycles. The van der Waals surface area contributed by atoms with Crippen LogP contribution in [0.5, 0.6) is 0 Å². The average molecular weight is 257 g/mol. The Balaban J connectivity index is 2.50. The number of carbonyl (C=O) groups excluding carboxylic acids is 2. The number of halogens is 1. The summed E-state index contributed by atoms with van der Waals surface area (Å²) in [6.07, 6.45) is 0. The standard InChI is InChI=1S/C10H12FN3O2S/c1-13-10(16)14-9(15)5-17-8-3-2-6(12)4-7(8)11/h2-4H,5,12H2,1H3,(H2,13,14,15,16). The first kappa shape index (κ1) is 13.3. The molecule has 4 N–H and O–H groups in total. The van der Waals surface area contributed by atoms with Gasteiger partial charge in [0, 0.05) is 17.6 Å². The van der Waals surface area contributed by atoms with Crippen LogP contribution < -0.4 is 16.4 Å². The third-order valence-corrected chi connectivity index (χ3v) is 2.84. The summed E-state index contributed by atoms with van der Waals surface area (Å²) in [5.41, 5.74) is 5.71. The molecule has 0 atom stereocenters. The summed E-state index contributed by atoms with van der Waals surface area (Å²) in [6, 6.07) is 3.62. The zero-order chi connectivity index (χ0) is 12.8. The molecule has 5 nitrogen and oxygen atoms in total. The molecule has 7 heteroatoms. The molecule has 1 aromatic rings. The minimum Gasteiger partial charge on any atom is -0.399 e. The van der Waals surface area contributed by atoms with Gasteiger partial charge in [-0.25, -0.2) is 9.18 Å². The molecular formula is C10H12FN3O2S. The molecule has 0 aliphatic carbocycles. The van der Waals surface area contributed by atoms with Gasteiger partial charge < -0.3 is 11.1 Å². The Morgan fingerprint density at radius 3 is 2.76 bits per heavy atom. The van der Waals surface area contributed by atoms with Crippen LogP contribution in [-0.4, -0.2) is 24.7 Å². The topological polar surface area (TPSA) is 84.2 Å². The number of urea groups is 1. The molecule has 0 spiro atoms. The molecule has 92 valence electrons. The smallest absolute Gasteiger partial charge is 0.321 e. The fraction of sp³-hybridized carbons (Fsp3) is 0.200. The van der Waals surface area contributed by atoms with Crippen LogP contribution in [0.4, 0.5) is 14.9 Å². The van der Waals surface area contributed by atoms with Crippen molar-refractivity contribution in [2.75, 3.05) is 18.5 Å². The Kier molecular flexibility index (Phi) is 4.77. The van der Waals surface area contributed by atoms with Gasteiger partial charge in [-0.3, -0.25) is 10.1 Å². The number of carbonyl (C=O) groups is 2. The van der Waals surface area contributed by atoms with Crippen molar-refractivity contribution in [2.45, 2.75) is 4.90 Å². The van der Waals surface area contributed by atoms with Crippen molar-refractivity contribution < 1.29 is 14.0 Å². The van der Waals surface area contributed by atoms with Crippen molar-refractivity contribution in [3.8, 4) is 0 Å². The molecule has 1 rings (SSSR count). The molecule has 0 saturated carbocycles. The molecule has 17 heavy (non-hydrogen) atoms. The number of nitrogens with two attached hydrogens (primary N) is 1. The van der Waals surface area contributed by atoms with Gasteiger partial charge >= 0.3 is 6.03 Å². The van der Waals surface area contributed by atoms with Crippen LogP contribution >= 0.6 is 11.8 Å². The number of hydrogen-bond donors (Lipinski definition) is 3. The van der Waals surface area contributed by atoms with E-state index in [1.54, 1.807) is 6.07 Å². The maximum absolute atomic E-state index is 13.3. The minimum absolute atomic E-state index is 0.0474. The van der Waals surface area contributed by atoms with Gasteiger partial charge in [0.05, 0.1) is 5.75 Å². The zero-order valence-electron chi connectivity index (χ0n) is 9.12. The second-order valence-electron chi connectivity index (χ2n) is 3.11. The van der Waals surface area contributed by atoms with Gasteiger partial charge in [0.2, 0.25) is 5.91 Å². The monoisotopic (exact) mass is 257 g/mol. The van der Waals surface area contributed by atoms with Crippen molar-refractivity contribution in [3.05, 3.63) is 24.0 Å². The van der Waals surface area contributed by atoms with Crippen molar-refractivity contribution in [2.24, 2.45) is 0 Å². The van der Waals surface area contributed by atoms with E-state index < -0.39 is 17.8 Å². The zero-order valence-corrected chi connectivity index (χ0v) is 9.94. The lowest BCUT2D eigenvalue weighted by atomic mass is 10.3. The number of imide groups is 1.